The van der Waals surface area contributed by atoms with Crippen molar-refractivity contribution in [3.05, 3.63) is 40.2 Å². The molecule has 1 saturated heterocycles. The zero-order chi connectivity index (χ0) is 13.0. The van der Waals surface area contributed by atoms with Crippen LogP contribution in [0.2, 0.25) is 5.02 Å². The van der Waals surface area contributed by atoms with Crippen molar-refractivity contribution in [3.8, 4) is 0 Å². The molecule has 0 bridgehead atoms. The van der Waals surface area contributed by atoms with E-state index in [1.807, 2.05) is 6.08 Å². The third kappa shape index (κ3) is 3.56. The number of hydrogen-bond donors (Lipinski definition) is 1. The third-order valence-corrected chi connectivity index (χ3v) is 3.66. The van der Waals surface area contributed by atoms with Crippen LogP contribution in [0.15, 0.2) is 23.8 Å². The van der Waals surface area contributed by atoms with Crippen LogP contribution in [0.1, 0.15) is 38.2 Å². The van der Waals surface area contributed by atoms with Crippen molar-refractivity contribution in [3.63, 3.8) is 0 Å². The first-order valence-electron chi connectivity index (χ1n) is 6.51. The smallest absolute Gasteiger partial charge is 0.148 e. The van der Waals surface area contributed by atoms with Gasteiger partial charge in [0.15, 0.2) is 0 Å². The normalized spacial score (nSPS) is 21.1. The van der Waals surface area contributed by atoms with Crippen molar-refractivity contribution in [2.24, 2.45) is 0 Å². The quantitative estimate of drug-likeness (QED) is 0.855. The first kappa shape index (κ1) is 13.6. The molecule has 0 aliphatic carbocycles. The van der Waals surface area contributed by atoms with Crippen LogP contribution in [-0.2, 0) is 0 Å². The predicted molar refractivity (Wildman–Crippen MR) is 75.3 cm³/mol. The summed E-state index contributed by atoms with van der Waals surface area (Å²) in [6, 6.07) is 5.66. The molecule has 1 heterocycles. The lowest BCUT2D eigenvalue weighted by Gasteiger charge is -2.23. The molecule has 98 valence electrons. The molecule has 1 unspecified atom stereocenters. The molecule has 0 aromatic heterocycles. The number of rotatable bonds is 3. The number of nitrogens with one attached hydrogen (secondary N) is 1. The number of benzene rings is 1. The molecule has 3 heteroatoms. The fraction of sp³-hybridized carbons (Fsp3) is 0.467. The van der Waals surface area contributed by atoms with Crippen LogP contribution in [0.25, 0.3) is 6.08 Å². The Morgan fingerprint density at radius 1 is 1.50 bits per heavy atom. The molecule has 1 aliphatic heterocycles. The minimum absolute atomic E-state index is 0.187. The van der Waals surface area contributed by atoms with Gasteiger partial charge in [0.25, 0.3) is 0 Å². The Hall–Kier alpha value is -0.860. The van der Waals surface area contributed by atoms with Crippen molar-refractivity contribution >= 4 is 17.7 Å². The highest BCUT2D eigenvalue weighted by Gasteiger charge is 2.13. The van der Waals surface area contributed by atoms with E-state index < -0.39 is 0 Å². The topological polar surface area (TPSA) is 12.0 Å². The van der Waals surface area contributed by atoms with Crippen LogP contribution in [0.4, 0.5) is 4.39 Å². The van der Waals surface area contributed by atoms with E-state index in [4.69, 9.17) is 11.6 Å². The molecule has 0 spiro atoms. The van der Waals surface area contributed by atoms with E-state index in [0.717, 1.165) is 13.0 Å². The monoisotopic (exact) mass is 267 g/mol. The molecule has 1 atom stereocenters. The lowest BCUT2D eigenvalue weighted by molar-refractivity contribution is 0.399. The largest absolute Gasteiger partial charge is 0.314 e. The van der Waals surface area contributed by atoms with Crippen molar-refractivity contribution in [2.45, 2.75) is 38.6 Å². The van der Waals surface area contributed by atoms with Crippen LogP contribution in [0.3, 0.4) is 0 Å². The number of piperidine rings is 1. The Kier molecular flexibility index (Phi) is 4.79. The maximum atomic E-state index is 13.7. The van der Waals surface area contributed by atoms with Crippen molar-refractivity contribution in [1.29, 1.82) is 0 Å². The highest BCUT2D eigenvalue weighted by Crippen LogP contribution is 2.22. The van der Waals surface area contributed by atoms with E-state index in [2.05, 4.69) is 12.2 Å². The van der Waals surface area contributed by atoms with E-state index in [0.29, 0.717) is 11.6 Å². The van der Waals surface area contributed by atoms with Crippen LogP contribution < -0.4 is 5.32 Å². The molecule has 18 heavy (non-hydrogen) atoms. The summed E-state index contributed by atoms with van der Waals surface area (Å²) in [5, 5.41) is 3.69. The van der Waals surface area contributed by atoms with E-state index in [1.54, 1.807) is 18.2 Å². The van der Waals surface area contributed by atoms with Gasteiger partial charge in [-0.05, 0) is 38.8 Å². The zero-order valence-electron chi connectivity index (χ0n) is 10.7. The van der Waals surface area contributed by atoms with Crippen LogP contribution in [0, 0.1) is 5.82 Å². The highest BCUT2D eigenvalue weighted by molar-refractivity contribution is 6.30. The van der Waals surface area contributed by atoms with Gasteiger partial charge in [-0.25, -0.2) is 4.39 Å². The van der Waals surface area contributed by atoms with Gasteiger partial charge in [0, 0.05) is 11.6 Å². The summed E-state index contributed by atoms with van der Waals surface area (Å²) in [6.07, 6.45) is 6.64. The second-order valence-electron chi connectivity index (χ2n) is 4.98. The van der Waals surface area contributed by atoms with Crippen LogP contribution in [-0.4, -0.2) is 12.6 Å². The molecular formula is C15H19ClFN. The average molecular weight is 268 g/mol. The van der Waals surface area contributed by atoms with Crippen molar-refractivity contribution < 1.29 is 4.39 Å². The molecule has 1 nitrogen and oxygen atoms in total. The molecule has 1 fully saturated rings. The molecule has 1 aliphatic rings. The fourth-order valence-electron chi connectivity index (χ4n) is 2.44. The third-order valence-electron chi connectivity index (χ3n) is 3.36. The zero-order valence-corrected chi connectivity index (χ0v) is 11.4. The van der Waals surface area contributed by atoms with Crippen LogP contribution >= 0.6 is 11.6 Å². The van der Waals surface area contributed by atoms with Gasteiger partial charge in [0.05, 0.1) is 5.02 Å². The lowest BCUT2D eigenvalue weighted by Crippen LogP contribution is -2.33. The fourth-order valence-corrected chi connectivity index (χ4v) is 2.63. The summed E-state index contributed by atoms with van der Waals surface area (Å²) in [5.74, 6) is -0.324. The first-order valence-corrected chi connectivity index (χ1v) is 6.89. The van der Waals surface area contributed by atoms with Gasteiger partial charge in [0.2, 0.25) is 0 Å². The molecule has 0 saturated carbocycles. The summed E-state index contributed by atoms with van der Waals surface area (Å²) in [6.45, 7) is 3.15. The van der Waals surface area contributed by atoms with Gasteiger partial charge >= 0.3 is 0 Å². The van der Waals surface area contributed by atoms with E-state index in [-0.39, 0.29) is 10.8 Å². The first-order chi connectivity index (χ1) is 8.66. The minimum atomic E-state index is -0.324. The van der Waals surface area contributed by atoms with Gasteiger partial charge < -0.3 is 5.32 Å². The maximum absolute atomic E-state index is 13.7. The SMILES string of the molecule is C/C(=C/c1cccc(Cl)c1F)CC1CCCCN1. The van der Waals surface area contributed by atoms with Gasteiger partial charge in [-0.15, -0.1) is 0 Å². The van der Waals surface area contributed by atoms with Crippen molar-refractivity contribution in [2.75, 3.05) is 6.54 Å². The summed E-state index contributed by atoms with van der Waals surface area (Å²) < 4.78 is 13.7. The van der Waals surface area contributed by atoms with Crippen LogP contribution in [0.5, 0.6) is 0 Å². The van der Waals surface area contributed by atoms with Crippen molar-refractivity contribution in [1.82, 2.24) is 5.32 Å². The van der Waals surface area contributed by atoms with E-state index in [1.165, 1.54) is 24.8 Å². The van der Waals surface area contributed by atoms with E-state index >= 15 is 0 Å². The minimum Gasteiger partial charge on any atom is -0.314 e. The summed E-state index contributed by atoms with van der Waals surface area (Å²) in [4.78, 5) is 0. The second kappa shape index (κ2) is 6.35. The Morgan fingerprint density at radius 2 is 2.33 bits per heavy atom. The molecule has 1 aromatic rings. The van der Waals surface area contributed by atoms with E-state index in [9.17, 15) is 4.39 Å². The Bertz CT molecular complexity index is 436. The summed E-state index contributed by atoms with van der Waals surface area (Å²) in [5.41, 5.74) is 1.77. The molecule has 1 aromatic carbocycles. The second-order valence-corrected chi connectivity index (χ2v) is 5.39. The van der Waals surface area contributed by atoms with Gasteiger partial charge in [-0.2, -0.15) is 0 Å². The molecule has 2 rings (SSSR count). The summed E-state index contributed by atoms with van der Waals surface area (Å²) in [7, 11) is 0. The predicted octanol–water partition coefficient (Wildman–Crippen LogP) is 4.41. The molecule has 1 N–H and O–H groups in total. The standard InChI is InChI=1S/C15H19ClFN/c1-11(10-13-6-2-3-8-18-13)9-12-5-4-7-14(16)15(12)17/h4-5,7,9,13,18H,2-3,6,8,10H2,1H3/b11-9-. The molecule has 0 radical (unpaired) electrons. The lowest BCUT2D eigenvalue weighted by atomic mass is 9.97. The average Bonchev–Trinajstić information content (AvgIpc) is 2.36. The highest BCUT2D eigenvalue weighted by atomic mass is 35.5. The van der Waals surface area contributed by atoms with Gasteiger partial charge in [0.1, 0.15) is 5.82 Å². The maximum Gasteiger partial charge on any atom is 0.148 e. The Balaban J connectivity index is 2.05. The molecular weight excluding hydrogens is 249 g/mol. The number of hydrogen-bond acceptors (Lipinski definition) is 1. The van der Waals surface area contributed by atoms with Gasteiger partial charge in [-0.3, -0.25) is 0 Å². The van der Waals surface area contributed by atoms with Gasteiger partial charge in [-0.1, -0.05) is 41.8 Å². The Labute approximate surface area is 113 Å². The molecule has 0 amide bonds. The number of halogens is 2. The summed E-state index contributed by atoms with van der Waals surface area (Å²) >= 11 is 5.77. The Morgan fingerprint density at radius 3 is 3.06 bits per heavy atom.